The van der Waals surface area contributed by atoms with Gasteiger partial charge in [-0.2, -0.15) is 0 Å². The molecule has 1 amide bonds. The normalized spacial score (nSPS) is 26.3. The number of hydrogen-bond acceptors (Lipinski definition) is 4. The van der Waals surface area contributed by atoms with Gasteiger partial charge in [0.2, 0.25) is 5.91 Å². The van der Waals surface area contributed by atoms with Gasteiger partial charge in [-0.3, -0.25) is 4.79 Å². The van der Waals surface area contributed by atoms with E-state index in [9.17, 15) is 4.79 Å². The lowest BCUT2D eigenvalue weighted by atomic mass is 9.84. The van der Waals surface area contributed by atoms with Crippen molar-refractivity contribution < 1.29 is 14.3 Å². The molecule has 26 heavy (non-hydrogen) atoms. The second-order valence-corrected chi connectivity index (χ2v) is 8.10. The molecule has 5 atom stereocenters. The van der Waals surface area contributed by atoms with E-state index in [1.165, 1.54) is 25.7 Å². The van der Waals surface area contributed by atoms with Gasteiger partial charge in [-0.05, 0) is 56.9 Å². The number of hydrogen-bond donors (Lipinski definition) is 2. The topological polar surface area (TPSA) is 59.6 Å². The molecule has 1 aromatic carbocycles. The molecule has 2 fully saturated rings. The highest BCUT2D eigenvalue weighted by atomic mass is 35.5. The zero-order chi connectivity index (χ0) is 18.8. The summed E-state index contributed by atoms with van der Waals surface area (Å²) in [4.78, 5) is 12.7. The molecule has 2 N–H and O–H groups in total. The Hall–Kier alpha value is -1.62. The Morgan fingerprint density at radius 3 is 2.46 bits per heavy atom. The molecule has 6 heteroatoms. The molecule has 2 aliphatic carbocycles. The van der Waals surface area contributed by atoms with Crippen LogP contribution in [0.2, 0.25) is 5.02 Å². The second-order valence-electron chi connectivity index (χ2n) is 7.69. The molecule has 2 saturated carbocycles. The molecule has 0 radical (unpaired) electrons. The van der Waals surface area contributed by atoms with Crippen molar-refractivity contribution in [1.82, 2.24) is 5.32 Å². The molecule has 3 rings (SSSR count). The Morgan fingerprint density at radius 1 is 1.15 bits per heavy atom. The first-order chi connectivity index (χ1) is 12.4. The van der Waals surface area contributed by atoms with Crippen molar-refractivity contribution >= 4 is 23.2 Å². The number of carbonyl (C=O) groups is 1. The molecule has 0 aliphatic heterocycles. The highest BCUT2D eigenvalue weighted by Gasteiger charge is 2.42. The third kappa shape index (κ3) is 3.88. The lowest BCUT2D eigenvalue weighted by Gasteiger charge is -2.29. The Labute approximate surface area is 160 Å². The molecule has 0 heterocycles. The minimum atomic E-state index is -0.394. The van der Waals surface area contributed by atoms with Crippen molar-refractivity contribution in [1.29, 1.82) is 0 Å². The van der Waals surface area contributed by atoms with Gasteiger partial charge < -0.3 is 20.1 Å². The summed E-state index contributed by atoms with van der Waals surface area (Å²) in [6.45, 7) is 3.99. The van der Waals surface area contributed by atoms with Crippen LogP contribution in [0.1, 0.15) is 39.5 Å². The van der Waals surface area contributed by atoms with E-state index in [1.807, 2.05) is 6.92 Å². The minimum Gasteiger partial charge on any atom is -0.495 e. The van der Waals surface area contributed by atoms with Crippen LogP contribution in [0.5, 0.6) is 11.5 Å². The number of anilines is 1. The van der Waals surface area contributed by atoms with Gasteiger partial charge in [0.25, 0.3) is 0 Å². The first kappa shape index (κ1) is 19.2. The summed E-state index contributed by atoms with van der Waals surface area (Å²) in [5.74, 6) is 3.41. The summed E-state index contributed by atoms with van der Waals surface area (Å²) in [7, 11) is 3.14. The van der Waals surface area contributed by atoms with E-state index in [2.05, 4.69) is 17.6 Å². The van der Waals surface area contributed by atoms with Crippen LogP contribution in [0.3, 0.4) is 0 Å². The van der Waals surface area contributed by atoms with Crippen molar-refractivity contribution in [2.75, 3.05) is 19.5 Å². The molecule has 2 bridgehead atoms. The molecular weight excluding hydrogens is 352 g/mol. The van der Waals surface area contributed by atoms with Crippen LogP contribution in [-0.2, 0) is 4.79 Å². The van der Waals surface area contributed by atoms with Gasteiger partial charge in [0.15, 0.2) is 0 Å². The average molecular weight is 381 g/mol. The van der Waals surface area contributed by atoms with Crippen LogP contribution in [0.15, 0.2) is 12.1 Å². The quantitative estimate of drug-likeness (QED) is 0.747. The van der Waals surface area contributed by atoms with Crippen molar-refractivity contribution in [2.24, 2.45) is 17.8 Å². The van der Waals surface area contributed by atoms with E-state index in [0.29, 0.717) is 28.1 Å². The van der Waals surface area contributed by atoms with Crippen LogP contribution >= 0.6 is 11.6 Å². The summed E-state index contributed by atoms with van der Waals surface area (Å²) >= 11 is 6.21. The molecule has 5 nitrogen and oxygen atoms in total. The highest BCUT2D eigenvalue weighted by Crippen LogP contribution is 2.49. The zero-order valence-electron chi connectivity index (χ0n) is 16.0. The fourth-order valence-electron chi connectivity index (χ4n) is 4.63. The first-order valence-corrected chi connectivity index (χ1v) is 9.79. The Kier molecular flexibility index (Phi) is 5.86. The standard InChI is InChI=1S/C20H29ClN2O3/c1-11(15-8-13-5-6-14(15)7-13)23-20(24)12(2)22-17-9-16(21)18(25-3)10-19(17)26-4/h9-15,22H,5-8H2,1-4H3,(H,23,24)/t11-,12+,13-,14-,15-/m0/s1. The molecule has 2 aliphatic rings. The second kappa shape index (κ2) is 7.95. The van der Waals surface area contributed by atoms with Gasteiger partial charge in [-0.25, -0.2) is 0 Å². The molecule has 144 valence electrons. The zero-order valence-corrected chi connectivity index (χ0v) is 16.7. The fraction of sp³-hybridized carbons (Fsp3) is 0.650. The molecule has 1 aromatic rings. The number of halogens is 1. The van der Waals surface area contributed by atoms with Crippen LogP contribution in [0.4, 0.5) is 5.69 Å². The monoisotopic (exact) mass is 380 g/mol. The van der Waals surface area contributed by atoms with Crippen molar-refractivity contribution in [3.63, 3.8) is 0 Å². The average Bonchev–Trinajstić information content (AvgIpc) is 3.25. The fourth-order valence-corrected chi connectivity index (χ4v) is 4.88. The van der Waals surface area contributed by atoms with Crippen LogP contribution in [0.25, 0.3) is 0 Å². The minimum absolute atomic E-state index is 0.00531. The maximum absolute atomic E-state index is 12.7. The highest BCUT2D eigenvalue weighted by molar-refractivity contribution is 6.32. The molecule has 0 saturated heterocycles. The van der Waals surface area contributed by atoms with Gasteiger partial charge in [0, 0.05) is 12.1 Å². The van der Waals surface area contributed by atoms with Gasteiger partial charge in [0.1, 0.15) is 17.5 Å². The number of ether oxygens (including phenoxy) is 2. The smallest absolute Gasteiger partial charge is 0.242 e. The number of rotatable bonds is 7. The first-order valence-electron chi connectivity index (χ1n) is 9.41. The van der Waals surface area contributed by atoms with Crippen LogP contribution in [-0.4, -0.2) is 32.2 Å². The molecule has 0 unspecified atom stereocenters. The number of benzene rings is 1. The summed E-state index contributed by atoms with van der Waals surface area (Å²) in [6, 6.07) is 3.26. The lowest BCUT2D eigenvalue weighted by Crippen LogP contribution is -2.46. The third-order valence-electron chi connectivity index (χ3n) is 6.04. The van der Waals surface area contributed by atoms with Crippen LogP contribution in [0, 0.1) is 17.8 Å². The molecule has 0 spiro atoms. The van der Waals surface area contributed by atoms with Crippen molar-refractivity contribution in [3.05, 3.63) is 17.2 Å². The Balaban J connectivity index is 1.61. The maximum Gasteiger partial charge on any atom is 0.242 e. The lowest BCUT2D eigenvalue weighted by molar-refractivity contribution is -0.122. The summed E-state index contributed by atoms with van der Waals surface area (Å²) in [6.07, 6.45) is 5.30. The van der Waals surface area contributed by atoms with Gasteiger partial charge in [0.05, 0.1) is 24.9 Å². The number of fused-ring (bicyclic) bond motifs is 2. The van der Waals surface area contributed by atoms with Gasteiger partial charge in [-0.1, -0.05) is 18.0 Å². The number of amides is 1. The summed E-state index contributed by atoms with van der Waals surface area (Å²) in [5, 5.41) is 6.88. The molecular formula is C20H29ClN2O3. The van der Waals surface area contributed by atoms with E-state index in [0.717, 1.165) is 11.8 Å². The van der Waals surface area contributed by atoms with E-state index in [-0.39, 0.29) is 11.9 Å². The predicted octanol–water partition coefficient (Wildman–Crippen LogP) is 4.10. The van der Waals surface area contributed by atoms with Gasteiger partial charge in [-0.15, -0.1) is 0 Å². The number of carbonyl (C=O) groups excluding carboxylic acids is 1. The number of nitrogens with one attached hydrogen (secondary N) is 2. The summed E-state index contributed by atoms with van der Waals surface area (Å²) < 4.78 is 10.6. The maximum atomic E-state index is 12.7. The van der Waals surface area contributed by atoms with E-state index >= 15 is 0 Å². The van der Waals surface area contributed by atoms with E-state index in [1.54, 1.807) is 26.4 Å². The van der Waals surface area contributed by atoms with Crippen molar-refractivity contribution in [3.8, 4) is 11.5 Å². The van der Waals surface area contributed by atoms with E-state index in [4.69, 9.17) is 21.1 Å². The Morgan fingerprint density at radius 2 is 1.88 bits per heavy atom. The van der Waals surface area contributed by atoms with Gasteiger partial charge >= 0.3 is 0 Å². The van der Waals surface area contributed by atoms with Crippen molar-refractivity contribution in [2.45, 2.75) is 51.6 Å². The predicted molar refractivity (Wildman–Crippen MR) is 104 cm³/mol. The molecule has 0 aromatic heterocycles. The largest absolute Gasteiger partial charge is 0.495 e. The third-order valence-corrected chi connectivity index (χ3v) is 6.34. The van der Waals surface area contributed by atoms with E-state index < -0.39 is 6.04 Å². The Bertz CT molecular complexity index is 667. The summed E-state index contributed by atoms with van der Waals surface area (Å²) in [5.41, 5.74) is 0.675. The number of methoxy groups -OCH3 is 2. The SMILES string of the molecule is COc1cc(OC)c(N[C@H](C)C(=O)N[C@@H](C)[C@@H]2C[C@H]3CC[C@H]2C3)cc1Cl. The van der Waals surface area contributed by atoms with Crippen LogP contribution < -0.4 is 20.1 Å².